The highest BCUT2D eigenvalue weighted by Gasteiger charge is 2.41. The molecule has 1 aromatic heterocycles. The van der Waals surface area contributed by atoms with Gasteiger partial charge in [-0.3, -0.25) is 14.6 Å². The number of carbonyl (C=O) groups excluding carboxylic acids is 1. The van der Waals surface area contributed by atoms with E-state index in [1.807, 2.05) is 48.5 Å². The van der Waals surface area contributed by atoms with E-state index in [0.29, 0.717) is 34.1 Å². The van der Waals surface area contributed by atoms with Crippen LogP contribution in [0.5, 0.6) is 11.5 Å². The molecule has 0 aliphatic carbocycles. The van der Waals surface area contributed by atoms with Crippen LogP contribution in [0, 0.1) is 10.7 Å². The van der Waals surface area contributed by atoms with Gasteiger partial charge in [0.25, 0.3) is 5.56 Å². The number of benzene rings is 2. The van der Waals surface area contributed by atoms with Crippen molar-refractivity contribution in [1.29, 1.82) is 0 Å². The minimum absolute atomic E-state index is 0.176. The van der Waals surface area contributed by atoms with Crippen LogP contribution in [0.1, 0.15) is 17.0 Å². The first-order chi connectivity index (χ1) is 14.5. The van der Waals surface area contributed by atoms with Crippen LogP contribution >= 0.6 is 12.2 Å². The highest BCUT2D eigenvalue weighted by molar-refractivity contribution is 7.71. The number of ether oxygens (including phenoxy) is 2. The quantitative estimate of drug-likeness (QED) is 0.434. The molecule has 1 aliphatic heterocycles. The fourth-order valence-corrected chi connectivity index (χ4v) is 3.85. The zero-order chi connectivity index (χ0) is 21.3. The molecule has 0 saturated heterocycles. The van der Waals surface area contributed by atoms with Gasteiger partial charge in [-0.05, 0) is 42.0 Å². The van der Waals surface area contributed by atoms with Crippen LogP contribution in [0.2, 0.25) is 0 Å². The smallest absolute Gasteiger partial charge is 0.315 e. The number of carbonyl (C=O) groups is 1. The topological polar surface area (TPSA) is 96.2 Å². The Morgan fingerprint density at radius 3 is 2.53 bits per heavy atom. The molecular formula is C22H19N3O4S. The first kappa shape index (κ1) is 19.7. The molecule has 3 aromatic rings. The van der Waals surface area contributed by atoms with Crippen molar-refractivity contribution in [3.8, 4) is 11.5 Å². The molecule has 0 bridgehead atoms. The summed E-state index contributed by atoms with van der Waals surface area (Å²) >= 11 is 5.08. The Balaban J connectivity index is 1.85. The molecule has 8 heteroatoms. The maximum atomic E-state index is 12.8. The third kappa shape index (κ3) is 3.65. The Morgan fingerprint density at radius 1 is 1.07 bits per heavy atom. The third-order valence-electron chi connectivity index (χ3n) is 4.94. The number of fused-ring (bicyclic) bond motifs is 1. The number of hydrogen-bond donors (Lipinski definition) is 3. The maximum absolute atomic E-state index is 12.8. The van der Waals surface area contributed by atoms with E-state index in [1.54, 1.807) is 6.07 Å². The highest BCUT2D eigenvalue weighted by Crippen LogP contribution is 2.42. The summed E-state index contributed by atoms with van der Waals surface area (Å²) in [4.78, 5) is 31.0. The van der Waals surface area contributed by atoms with E-state index in [-0.39, 0.29) is 10.3 Å². The van der Waals surface area contributed by atoms with Gasteiger partial charge in [-0.2, -0.15) is 0 Å². The first-order valence-electron chi connectivity index (χ1n) is 9.21. The van der Waals surface area contributed by atoms with E-state index in [9.17, 15) is 9.59 Å². The number of hydrogen-bond acceptors (Lipinski definition) is 6. The Labute approximate surface area is 177 Å². The van der Waals surface area contributed by atoms with Crippen LogP contribution in [-0.4, -0.2) is 23.0 Å². The molecule has 0 amide bonds. The van der Waals surface area contributed by atoms with Crippen LogP contribution in [0.15, 0.2) is 71.7 Å². The van der Waals surface area contributed by atoms with Gasteiger partial charge in [0.1, 0.15) is 23.2 Å². The fraction of sp³-hybridized carbons (Fsp3) is 0.136. The molecule has 30 heavy (non-hydrogen) atoms. The van der Waals surface area contributed by atoms with E-state index in [4.69, 9.17) is 21.7 Å². The number of H-pyrrole nitrogens is 2. The lowest BCUT2D eigenvalue weighted by atomic mass is 9.77. The van der Waals surface area contributed by atoms with Gasteiger partial charge in [0, 0.05) is 11.6 Å². The van der Waals surface area contributed by atoms with Gasteiger partial charge in [0.05, 0.1) is 12.7 Å². The van der Waals surface area contributed by atoms with E-state index < -0.39 is 17.8 Å². The average molecular weight is 421 g/mol. The molecule has 0 spiro atoms. The Hall–Kier alpha value is -3.65. The van der Waals surface area contributed by atoms with E-state index in [2.05, 4.69) is 21.9 Å². The first-order valence-corrected chi connectivity index (χ1v) is 9.61. The van der Waals surface area contributed by atoms with Crippen molar-refractivity contribution in [2.75, 3.05) is 12.4 Å². The molecule has 4 rings (SSSR count). The molecule has 3 N–H and O–H groups in total. The summed E-state index contributed by atoms with van der Waals surface area (Å²) < 4.78 is 11.1. The van der Waals surface area contributed by atoms with Gasteiger partial charge in [0.2, 0.25) is 0 Å². The van der Waals surface area contributed by atoms with Crippen molar-refractivity contribution in [3.05, 3.63) is 93.1 Å². The van der Waals surface area contributed by atoms with Crippen molar-refractivity contribution in [3.63, 3.8) is 0 Å². The summed E-state index contributed by atoms with van der Waals surface area (Å²) in [7, 11) is 1.31. The molecular weight excluding hydrogens is 402 g/mol. The highest BCUT2D eigenvalue weighted by atomic mass is 32.1. The minimum atomic E-state index is -0.806. The van der Waals surface area contributed by atoms with Crippen LogP contribution in [-0.2, 0) is 9.53 Å². The predicted octanol–water partition coefficient (Wildman–Crippen LogP) is 4.09. The normalized spacial score (nSPS) is 17.6. The number of esters is 1. The summed E-state index contributed by atoms with van der Waals surface area (Å²) in [5.74, 6) is -0.284. The number of aromatic nitrogens is 2. The van der Waals surface area contributed by atoms with E-state index >= 15 is 0 Å². The second-order valence-electron chi connectivity index (χ2n) is 6.81. The predicted molar refractivity (Wildman–Crippen MR) is 115 cm³/mol. The molecule has 2 aromatic carbocycles. The van der Waals surface area contributed by atoms with Crippen molar-refractivity contribution in [1.82, 2.24) is 9.97 Å². The van der Waals surface area contributed by atoms with Gasteiger partial charge >= 0.3 is 5.97 Å². The summed E-state index contributed by atoms with van der Waals surface area (Å²) in [6.45, 7) is 3.98. The van der Waals surface area contributed by atoms with Crippen molar-refractivity contribution in [2.45, 2.75) is 5.92 Å². The van der Waals surface area contributed by atoms with Gasteiger partial charge in [-0.15, -0.1) is 0 Å². The zero-order valence-corrected chi connectivity index (χ0v) is 16.9. The van der Waals surface area contributed by atoms with Crippen LogP contribution in [0.3, 0.4) is 0 Å². The molecule has 0 radical (unpaired) electrons. The third-order valence-corrected chi connectivity index (χ3v) is 5.14. The average Bonchev–Trinajstić information content (AvgIpc) is 2.73. The lowest BCUT2D eigenvalue weighted by Gasteiger charge is -2.33. The Morgan fingerprint density at radius 2 is 1.80 bits per heavy atom. The fourth-order valence-electron chi connectivity index (χ4n) is 3.66. The van der Waals surface area contributed by atoms with Crippen LogP contribution < -0.4 is 15.6 Å². The molecule has 152 valence electrons. The SMILES string of the molecule is C=C1Nc2[nH]c(=S)[nH]c(=O)c2C(c2cccc(Oc3ccccc3)c2)C1C(=O)OC. The lowest BCUT2D eigenvalue weighted by molar-refractivity contribution is -0.144. The minimum Gasteiger partial charge on any atom is -0.468 e. The number of rotatable bonds is 4. The summed E-state index contributed by atoms with van der Waals surface area (Å²) in [6.07, 6.45) is 0. The van der Waals surface area contributed by atoms with Crippen molar-refractivity contribution >= 4 is 24.0 Å². The van der Waals surface area contributed by atoms with Crippen LogP contribution in [0.25, 0.3) is 0 Å². The van der Waals surface area contributed by atoms with Crippen molar-refractivity contribution < 1.29 is 14.3 Å². The maximum Gasteiger partial charge on any atom is 0.315 e. The van der Waals surface area contributed by atoms with Crippen molar-refractivity contribution in [2.24, 2.45) is 5.92 Å². The van der Waals surface area contributed by atoms with Gasteiger partial charge < -0.3 is 19.8 Å². The molecule has 7 nitrogen and oxygen atoms in total. The summed E-state index contributed by atoms with van der Waals surface area (Å²) in [5.41, 5.74) is 1.08. The number of methoxy groups -OCH3 is 1. The van der Waals surface area contributed by atoms with Gasteiger partial charge in [0.15, 0.2) is 4.77 Å². The molecule has 2 heterocycles. The van der Waals surface area contributed by atoms with E-state index in [0.717, 1.165) is 0 Å². The molecule has 2 unspecified atom stereocenters. The molecule has 0 saturated carbocycles. The standard InChI is InChI=1S/C22H19N3O4S/c1-12-16(21(27)28-2)17(18-19(23-12)24-22(30)25-20(18)26)13-7-6-10-15(11-13)29-14-8-4-3-5-9-14/h3-11,16-17H,1H2,2H3,(H3,23,24,25,26,30). The second kappa shape index (κ2) is 8.00. The zero-order valence-electron chi connectivity index (χ0n) is 16.1. The monoisotopic (exact) mass is 421 g/mol. The number of para-hydroxylation sites is 1. The molecule has 1 aliphatic rings. The Kier molecular flexibility index (Phi) is 5.24. The van der Waals surface area contributed by atoms with Crippen LogP contribution in [0.4, 0.5) is 5.82 Å². The second-order valence-corrected chi connectivity index (χ2v) is 7.22. The lowest BCUT2D eigenvalue weighted by Crippen LogP contribution is -2.37. The summed E-state index contributed by atoms with van der Waals surface area (Å²) in [5, 5.41) is 2.99. The van der Waals surface area contributed by atoms with Gasteiger partial charge in [-0.25, -0.2) is 0 Å². The number of anilines is 1. The molecule has 2 atom stereocenters. The van der Waals surface area contributed by atoms with E-state index in [1.165, 1.54) is 7.11 Å². The summed E-state index contributed by atoms with van der Waals surface area (Å²) in [6, 6.07) is 16.6. The number of aromatic amines is 2. The molecule has 0 fully saturated rings. The Bertz CT molecular complexity index is 1230. The van der Waals surface area contributed by atoms with Gasteiger partial charge in [-0.1, -0.05) is 36.9 Å². The number of nitrogens with one attached hydrogen (secondary N) is 3. The largest absolute Gasteiger partial charge is 0.468 e.